The molecule has 7 heteroatoms. The standard InChI is InChI=1S/C13H21N3O3S/c1-3-4-11-9-14-13(15-10-11)16-7-5-12(6-8-16)19-20(2,17)18/h9-10,12H,3-8H2,1-2H3. The number of anilines is 1. The molecule has 0 spiro atoms. The van der Waals surface area contributed by atoms with Crippen LogP contribution in [0, 0.1) is 0 Å². The highest BCUT2D eigenvalue weighted by Gasteiger charge is 2.24. The minimum Gasteiger partial charge on any atom is -0.341 e. The van der Waals surface area contributed by atoms with Crippen molar-refractivity contribution < 1.29 is 12.6 Å². The number of rotatable bonds is 5. The van der Waals surface area contributed by atoms with Gasteiger partial charge in [-0.3, -0.25) is 4.18 Å². The van der Waals surface area contributed by atoms with Crippen molar-refractivity contribution in [3.63, 3.8) is 0 Å². The van der Waals surface area contributed by atoms with Gasteiger partial charge in [-0.25, -0.2) is 9.97 Å². The molecule has 1 aromatic heterocycles. The molecule has 0 unspecified atom stereocenters. The van der Waals surface area contributed by atoms with Gasteiger partial charge in [-0.1, -0.05) is 13.3 Å². The van der Waals surface area contributed by atoms with E-state index in [0.29, 0.717) is 31.9 Å². The molecule has 0 aliphatic carbocycles. The summed E-state index contributed by atoms with van der Waals surface area (Å²) in [5.74, 6) is 0.711. The summed E-state index contributed by atoms with van der Waals surface area (Å²) in [6, 6.07) is 0. The van der Waals surface area contributed by atoms with Gasteiger partial charge < -0.3 is 4.90 Å². The van der Waals surface area contributed by atoms with E-state index >= 15 is 0 Å². The van der Waals surface area contributed by atoms with Crippen LogP contribution in [0.1, 0.15) is 31.7 Å². The van der Waals surface area contributed by atoms with Gasteiger partial charge in [0.2, 0.25) is 5.95 Å². The van der Waals surface area contributed by atoms with Gasteiger partial charge in [0, 0.05) is 25.5 Å². The lowest BCUT2D eigenvalue weighted by Crippen LogP contribution is -2.38. The molecule has 0 atom stereocenters. The third-order valence-electron chi connectivity index (χ3n) is 3.27. The van der Waals surface area contributed by atoms with Crippen molar-refractivity contribution in [1.29, 1.82) is 0 Å². The van der Waals surface area contributed by atoms with Crippen molar-refractivity contribution in [3.05, 3.63) is 18.0 Å². The van der Waals surface area contributed by atoms with Crippen LogP contribution in [0.25, 0.3) is 0 Å². The lowest BCUT2D eigenvalue weighted by molar-refractivity contribution is 0.179. The van der Waals surface area contributed by atoms with Crippen LogP contribution in [0.2, 0.25) is 0 Å². The van der Waals surface area contributed by atoms with Crippen LogP contribution in [0.3, 0.4) is 0 Å². The van der Waals surface area contributed by atoms with Gasteiger partial charge in [-0.2, -0.15) is 8.42 Å². The SMILES string of the molecule is CCCc1cnc(N2CCC(OS(C)(=O)=O)CC2)nc1. The number of aromatic nitrogens is 2. The lowest BCUT2D eigenvalue weighted by atomic mass is 10.1. The van der Waals surface area contributed by atoms with Crippen molar-refractivity contribution >= 4 is 16.1 Å². The minimum absolute atomic E-state index is 0.222. The van der Waals surface area contributed by atoms with Crippen molar-refractivity contribution in [1.82, 2.24) is 9.97 Å². The summed E-state index contributed by atoms with van der Waals surface area (Å²) < 4.78 is 27.2. The average molecular weight is 299 g/mol. The smallest absolute Gasteiger partial charge is 0.264 e. The Labute approximate surface area is 120 Å². The van der Waals surface area contributed by atoms with Crippen LogP contribution >= 0.6 is 0 Å². The molecule has 0 aromatic carbocycles. The molecule has 0 radical (unpaired) electrons. The third kappa shape index (κ3) is 4.42. The highest BCUT2D eigenvalue weighted by Crippen LogP contribution is 2.19. The van der Waals surface area contributed by atoms with Gasteiger partial charge in [-0.05, 0) is 24.8 Å². The quantitative estimate of drug-likeness (QED) is 0.765. The molecule has 1 aromatic rings. The molecule has 1 aliphatic heterocycles. The minimum atomic E-state index is -3.37. The Bertz CT molecular complexity index is 522. The first-order valence-corrected chi connectivity index (χ1v) is 8.73. The third-order valence-corrected chi connectivity index (χ3v) is 3.89. The van der Waals surface area contributed by atoms with Crippen LogP contribution in [-0.4, -0.2) is 43.8 Å². The normalized spacial score (nSPS) is 17.4. The van der Waals surface area contributed by atoms with Crippen LogP contribution < -0.4 is 4.90 Å². The van der Waals surface area contributed by atoms with E-state index in [1.54, 1.807) is 0 Å². The molecule has 2 heterocycles. The Morgan fingerprint density at radius 1 is 1.30 bits per heavy atom. The Hall–Kier alpha value is -1.21. The maximum Gasteiger partial charge on any atom is 0.264 e. The van der Waals surface area contributed by atoms with E-state index in [1.807, 2.05) is 12.4 Å². The van der Waals surface area contributed by atoms with Gasteiger partial charge in [0.1, 0.15) is 0 Å². The Kier molecular flexibility index (Phi) is 4.93. The van der Waals surface area contributed by atoms with Crippen LogP contribution in [0.4, 0.5) is 5.95 Å². The van der Waals surface area contributed by atoms with Crippen molar-refractivity contribution in [2.75, 3.05) is 24.2 Å². The molecule has 1 saturated heterocycles. The predicted octanol–water partition coefficient (Wildman–Crippen LogP) is 1.37. The molecule has 1 fully saturated rings. The molecule has 1 aliphatic rings. The number of hydrogen-bond acceptors (Lipinski definition) is 6. The molecule has 0 bridgehead atoms. The molecule has 6 nitrogen and oxygen atoms in total. The molecule has 0 amide bonds. The highest BCUT2D eigenvalue weighted by atomic mass is 32.2. The topological polar surface area (TPSA) is 72.4 Å². The first-order chi connectivity index (χ1) is 9.48. The van der Waals surface area contributed by atoms with Crippen LogP contribution in [0.5, 0.6) is 0 Å². The van der Waals surface area contributed by atoms with E-state index < -0.39 is 10.1 Å². The zero-order valence-corrected chi connectivity index (χ0v) is 12.8. The first-order valence-electron chi connectivity index (χ1n) is 6.92. The molecule has 0 saturated carbocycles. The molecule has 20 heavy (non-hydrogen) atoms. The largest absolute Gasteiger partial charge is 0.341 e. The van der Waals surface area contributed by atoms with E-state index in [-0.39, 0.29) is 6.10 Å². The van der Waals surface area contributed by atoms with Gasteiger partial charge in [0.05, 0.1) is 12.4 Å². The van der Waals surface area contributed by atoms with E-state index in [2.05, 4.69) is 21.8 Å². The van der Waals surface area contributed by atoms with E-state index in [1.165, 1.54) is 0 Å². The fraction of sp³-hybridized carbons (Fsp3) is 0.692. The second kappa shape index (κ2) is 6.49. The van der Waals surface area contributed by atoms with Gasteiger partial charge in [-0.15, -0.1) is 0 Å². The summed E-state index contributed by atoms with van der Waals surface area (Å²) in [7, 11) is -3.37. The summed E-state index contributed by atoms with van der Waals surface area (Å²) in [4.78, 5) is 10.8. The zero-order chi connectivity index (χ0) is 14.6. The van der Waals surface area contributed by atoms with Crippen molar-refractivity contribution in [2.24, 2.45) is 0 Å². The lowest BCUT2D eigenvalue weighted by Gasteiger charge is -2.31. The molecular weight excluding hydrogens is 278 g/mol. The molecule has 112 valence electrons. The van der Waals surface area contributed by atoms with Gasteiger partial charge in [0.15, 0.2) is 0 Å². The Morgan fingerprint density at radius 3 is 2.40 bits per heavy atom. The van der Waals surface area contributed by atoms with Crippen molar-refractivity contribution in [3.8, 4) is 0 Å². The zero-order valence-electron chi connectivity index (χ0n) is 11.9. The fourth-order valence-electron chi connectivity index (χ4n) is 2.33. The number of hydrogen-bond donors (Lipinski definition) is 0. The first kappa shape index (κ1) is 15.2. The Morgan fingerprint density at radius 2 is 1.90 bits per heavy atom. The van der Waals surface area contributed by atoms with Crippen molar-refractivity contribution in [2.45, 2.75) is 38.7 Å². The molecule has 2 rings (SSSR count). The van der Waals surface area contributed by atoms with Gasteiger partial charge >= 0.3 is 0 Å². The number of aryl methyl sites for hydroxylation is 1. The second-order valence-electron chi connectivity index (χ2n) is 5.13. The Balaban J connectivity index is 1.90. The maximum absolute atomic E-state index is 11.1. The number of nitrogens with zero attached hydrogens (tertiary/aromatic N) is 3. The van der Waals surface area contributed by atoms with E-state index in [0.717, 1.165) is 24.7 Å². The fourth-order valence-corrected chi connectivity index (χ4v) is 3.02. The predicted molar refractivity (Wildman–Crippen MR) is 77.2 cm³/mol. The highest BCUT2D eigenvalue weighted by molar-refractivity contribution is 7.86. The van der Waals surface area contributed by atoms with Crippen LogP contribution in [0.15, 0.2) is 12.4 Å². The maximum atomic E-state index is 11.1. The summed E-state index contributed by atoms with van der Waals surface area (Å²) in [6.07, 6.45) is 8.02. The monoisotopic (exact) mass is 299 g/mol. The summed E-state index contributed by atoms with van der Waals surface area (Å²) in [5.41, 5.74) is 1.14. The summed E-state index contributed by atoms with van der Waals surface area (Å²) >= 11 is 0. The molecule has 0 N–H and O–H groups in total. The van der Waals surface area contributed by atoms with Crippen LogP contribution in [-0.2, 0) is 20.7 Å². The molecular formula is C13H21N3O3S. The van der Waals surface area contributed by atoms with E-state index in [9.17, 15) is 8.42 Å². The van der Waals surface area contributed by atoms with E-state index in [4.69, 9.17) is 4.18 Å². The average Bonchev–Trinajstić information content (AvgIpc) is 2.39. The summed E-state index contributed by atoms with van der Waals surface area (Å²) in [6.45, 7) is 3.56. The summed E-state index contributed by atoms with van der Waals surface area (Å²) in [5, 5.41) is 0. The second-order valence-corrected chi connectivity index (χ2v) is 6.73. The van der Waals surface area contributed by atoms with Gasteiger partial charge in [0.25, 0.3) is 10.1 Å². The number of piperidine rings is 1.